The van der Waals surface area contributed by atoms with E-state index in [1.54, 1.807) is 6.92 Å². The number of aryl methyl sites for hydroxylation is 2. The van der Waals surface area contributed by atoms with Crippen molar-refractivity contribution in [3.8, 4) is 5.75 Å². The third-order valence-electron chi connectivity index (χ3n) is 6.66. The molecule has 1 aliphatic carbocycles. The number of hydrogen-bond acceptors (Lipinski definition) is 5. The predicted octanol–water partition coefficient (Wildman–Crippen LogP) is 6.11. The maximum Gasteiger partial charge on any atom is 0.242 e. The first kappa shape index (κ1) is 40.4. The highest BCUT2D eigenvalue weighted by Crippen LogP contribution is 2.28. The predicted molar refractivity (Wildman–Crippen MR) is 184 cm³/mol. The van der Waals surface area contributed by atoms with Gasteiger partial charge in [-0.25, -0.2) is 0 Å². The van der Waals surface area contributed by atoms with Crippen molar-refractivity contribution in [3.05, 3.63) is 71.3 Å². The molecule has 0 radical (unpaired) electrons. The smallest absolute Gasteiger partial charge is 0.242 e. The number of carbonyl (C=O) groups is 3. The highest BCUT2D eigenvalue weighted by atomic mass is 16.5. The van der Waals surface area contributed by atoms with E-state index in [-0.39, 0.29) is 23.9 Å². The van der Waals surface area contributed by atoms with Gasteiger partial charge in [-0.3, -0.25) is 14.4 Å². The van der Waals surface area contributed by atoms with Gasteiger partial charge in [0, 0.05) is 31.1 Å². The molecule has 0 aromatic heterocycles. The SMILES string of the molecule is CC.CC.CC(=O)N[C@@H](C)C(=O)NCC(=O)NC/C=C/c1ccccc1OCCNC1(C)CCCC1.Cc1cccc(C)c1. The minimum Gasteiger partial charge on any atom is -0.492 e. The molecule has 1 saturated carbocycles. The van der Waals surface area contributed by atoms with Crippen molar-refractivity contribution in [3.63, 3.8) is 0 Å². The lowest BCUT2D eigenvalue weighted by atomic mass is 10.0. The molecule has 8 heteroatoms. The van der Waals surface area contributed by atoms with Gasteiger partial charge >= 0.3 is 0 Å². The monoisotopic (exact) mass is 610 g/mol. The van der Waals surface area contributed by atoms with Crippen LogP contribution in [0.3, 0.4) is 0 Å². The minimum absolute atomic E-state index is 0.151. The molecule has 2 aromatic carbocycles. The summed E-state index contributed by atoms with van der Waals surface area (Å²) in [6.07, 6.45) is 8.75. The molecule has 0 bridgehead atoms. The number of nitrogens with one attached hydrogen (secondary N) is 4. The van der Waals surface area contributed by atoms with Crippen LogP contribution in [0.15, 0.2) is 54.6 Å². The summed E-state index contributed by atoms with van der Waals surface area (Å²) >= 11 is 0. The Bertz CT molecular complexity index is 1110. The van der Waals surface area contributed by atoms with E-state index in [4.69, 9.17) is 4.74 Å². The van der Waals surface area contributed by atoms with Crippen LogP contribution in [0.5, 0.6) is 5.75 Å². The second kappa shape index (κ2) is 23.8. The molecule has 0 unspecified atom stereocenters. The van der Waals surface area contributed by atoms with Gasteiger partial charge in [0.2, 0.25) is 17.7 Å². The van der Waals surface area contributed by atoms with Crippen LogP contribution in [0.4, 0.5) is 0 Å². The number of amides is 3. The lowest BCUT2D eigenvalue weighted by Gasteiger charge is -2.25. The molecule has 0 saturated heterocycles. The van der Waals surface area contributed by atoms with Crippen LogP contribution < -0.4 is 26.0 Å². The molecule has 246 valence electrons. The lowest BCUT2D eigenvalue weighted by Crippen LogP contribution is -2.47. The topological polar surface area (TPSA) is 109 Å². The Morgan fingerprint density at radius 3 is 2.11 bits per heavy atom. The number of ether oxygens (including phenoxy) is 1. The largest absolute Gasteiger partial charge is 0.492 e. The molecular formula is C36H58N4O4. The first-order chi connectivity index (χ1) is 21.1. The van der Waals surface area contributed by atoms with E-state index in [1.807, 2.05) is 64.1 Å². The van der Waals surface area contributed by atoms with E-state index in [0.29, 0.717) is 13.2 Å². The van der Waals surface area contributed by atoms with Gasteiger partial charge in [0.05, 0.1) is 6.54 Å². The Morgan fingerprint density at radius 2 is 1.55 bits per heavy atom. The van der Waals surface area contributed by atoms with Gasteiger partial charge in [-0.15, -0.1) is 0 Å². The number of carbonyl (C=O) groups excluding carboxylic acids is 3. The Balaban J connectivity index is 0.00000130. The Morgan fingerprint density at radius 1 is 0.932 bits per heavy atom. The molecular weight excluding hydrogens is 552 g/mol. The highest BCUT2D eigenvalue weighted by molar-refractivity contribution is 5.89. The van der Waals surface area contributed by atoms with Gasteiger partial charge < -0.3 is 26.0 Å². The summed E-state index contributed by atoms with van der Waals surface area (Å²) in [6.45, 7) is 18.9. The fourth-order valence-corrected chi connectivity index (χ4v) is 4.51. The third kappa shape index (κ3) is 18.1. The molecule has 0 heterocycles. The molecule has 1 aliphatic rings. The van der Waals surface area contributed by atoms with Crippen molar-refractivity contribution >= 4 is 23.8 Å². The van der Waals surface area contributed by atoms with E-state index in [9.17, 15) is 14.4 Å². The summed E-state index contributed by atoms with van der Waals surface area (Å²) in [5.41, 5.74) is 3.85. The van der Waals surface area contributed by atoms with Crippen molar-refractivity contribution in [2.24, 2.45) is 0 Å². The first-order valence-electron chi connectivity index (χ1n) is 16.1. The van der Waals surface area contributed by atoms with Crippen molar-refractivity contribution in [2.75, 3.05) is 26.2 Å². The maximum absolute atomic E-state index is 11.9. The molecule has 3 rings (SSSR count). The zero-order valence-corrected chi connectivity index (χ0v) is 28.6. The second-order valence-electron chi connectivity index (χ2n) is 10.6. The summed E-state index contributed by atoms with van der Waals surface area (Å²) in [5, 5.41) is 11.3. The average molecular weight is 611 g/mol. The van der Waals surface area contributed by atoms with Gasteiger partial charge in [0.1, 0.15) is 18.4 Å². The van der Waals surface area contributed by atoms with E-state index >= 15 is 0 Å². The molecule has 8 nitrogen and oxygen atoms in total. The Labute approximate surface area is 266 Å². The molecule has 0 aliphatic heterocycles. The Hall–Kier alpha value is -3.65. The number of benzene rings is 2. The summed E-state index contributed by atoms with van der Waals surface area (Å²) in [7, 11) is 0. The average Bonchev–Trinajstić information content (AvgIpc) is 3.45. The van der Waals surface area contributed by atoms with Crippen LogP contribution in [0, 0.1) is 13.8 Å². The van der Waals surface area contributed by atoms with Crippen LogP contribution in [-0.4, -0.2) is 55.5 Å². The summed E-state index contributed by atoms with van der Waals surface area (Å²) in [6, 6.07) is 15.5. The minimum atomic E-state index is -0.687. The van der Waals surface area contributed by atoms with Crippen molar-refractivity contribution < 1.29 is 19.1 Å². The lowest BCUT2D eigenvalue weighted by molar-refractivity contribution is -0.129. The standard InChI is InChI=1S/C24H36N4O4.C8H10.2C2H6/c1-18(28-19(2)29)23(31)26-17-22(30)25-14-8-10-20-9-4-5-11-21(20)32-16-15-27-24(3)12-6-7-13-24;1-7-4-3-5-8(2)6-7;2*1-2/h4-5,8-11,18,27H,6-7,12-17H2,1-3H3,(H,25,30)(H,26,31)(H,28,29);3-6H,1-2H3;2*1-2H3/b10-8+;;;/t18-;;;/m0.../s1. The zero-order valence-electron chi connectivity index (χ0n) is 28.6. The number of para-hydroxylation sites is 1. The molecule has 44 heavy (non-hydrogen) atoms. The molecule has 0 spiro atoms. The van der Waals surface area contributed by atoms with Gasteiger partial charge in [-0.2, -0.15) is 0 Å². The zero-order chi connectivity index (χ0) is 33.4. The van der Waals surface area contributed by atoms with Crippen LogP contribution in [-0.2, 0) is 14.4 Å². The maximum atomic E-state index is 11.9. The van der Waals surface area contributed by atoms with Crippen molar-refractivity contribution in [2.45, 2.75) is 99.6 Å². The van der Waals surface area contributed by atoms with E-state index in [2.05, 4.69) is 66.3 Å². The summed E-state index contributed by atoms with van der Waals surface area (Å²) in [4.78, 5) is 34.7. The summed E-state index contributed by atoms with van der Waals surface area (Å²) < 4.78 is 5.96. The van der Waals surface area contributed by atoms with Gasteiger partial charge in [-0.05, 0) is 46.6 Å². The van der Waals surface area contributed by atoms with Crippen LogP contribution in [0.25, 0.3) is 6.08 Å². The van der Waals surface area contributed by atoms with Crippen molar-refractivity contribution in [1.29, 1.82) is 0 Å². The fourth-order valence-electron chi connectivity index (χ4n) is 4.51. The van der Waals surface area contributed by atoms with Crippen LogP contribution in [0.2, 0.25) is 0 Å². The molecule has 4 N–H and O–H groups in total. The molecule has 3 amide bonds. The molecule has 2 aromatic rings. The van der Waals surface area contributed by atoms with Gasteiger partial charge in [0.15, 0.2) is 0 Å². The quantitative estimate of drug-likeness (QED) is 0.217. The number of hydrogen-bond donors (Lipinski definition) is 4. The molecule has 1 fully saturated rings. The highest BCUT2D eigenvalue weighted by Gasteiger charge is 2.27. The molecule has 1 atom stereocenters. The van der Waals surface area contributed by atoms with E-state index in [1.165, 1.54) is 43.7 Å². The van der Waals surface area contributed by atoms with Crippen LogP contribution >= 0.6 is 0 Å². The van der Waals surface area contributed by atoms with Crippen LogP contribution in [0.1, 0.15) is 90.8 Å². The van der Waals surface area contributed by atoms with E-state index in [0.717, 1.165) is 17.9 Å². The van der Waals surface area contributed by atoms with Crippen molar-refractivity contribution in [1.82, 2.24) is 21.3 Å². The number of rotatable bonds is 12. The second-order valence-corrected chi connectivity index (χ2v) is 10.6. The fraction of sp³-hybridized carbons (Fsp3) is 0.528. The Kier molecular flexibility index (Phi) is 21.8. The third-order valence-corrected chi connectivity index (χ3v) is 6.66. The van der Waals surface area contributed by atoms with E-state index < -0.39 is 11.9 Å². The van der Waals surface area contributed by atoms with Gasteiger partial charge in [-0.1, -0.05) is 106 Å². The summed E-state index contributed by atoms with van der Waals surface area (Å²) in [5.74, 6) is -0.221. The van der Waals surface area contributed by atoms with Gasteiger partial charge in [0.25, 0.3) is 0 Å². The first-order valence-corrected chi connectivity index (χ1v) is 16.1. The normalized spacial score (nSPS) is 13.5.